The molecular weight excluding hydrogens is 414 g/mol. The predicted molar refractivity (Wildman–Crippen MR) is 117 cm³/mol. The summed E-state index contributed by atoms with van der Waals surface area (Å²) in [5.74, 6) is 0.823. The normalized spacial score (nSPS) is 29.1. The van der Waals surface area contributed by atoms with E-state index in [-0.39, 0.29) is 6.10 Å². The fourth-order valence-corrected chi connectivity index (χ4v) is 4.22. The van der Waals surface area contributed by atoms with E-state index in [0.717, 1.165) is 42.9 Å². The first-order valence-electron chi connectivity index (χ1n) is 11.0. The van der Waals surface area contributed by atoms with Gasteiger partial charge in [0.05, 0.1) is 19.8 Å². The van der Waals surface area contributed by atoms with Crippen molar-refractivity contribution in [1.29, 1.82) is 0 Å². The first-order valence-corrected chi connectivity index (χ1v) is 11.0. The Hall–Kier alpha value is -2.20. The van der Waals surface area contributed by atoms with Gasteiger partial charge < -0.3 is 40.4 Å². The Morgan fingerprint density at radius 2 is 1.66 bits per heavy atom. The van der Waals surface area contributed by atoms with Crippen molar-refractivity contribution in [3.8, 4) is 5.75 Å². The molecule has 0 saturated carbocycles. The summed E-state index contributed by atoms with van der Waals surface area (Å²) in [6, 6.07) is 13.2. The third-order valence-electron chi connectivity index (χ3n) is 6.18. The zero-order chi connectivity index (χ0) is 22.7. The quantitative estimate of drug-likeness (QED) is 0.415. The van der Waals surface area contributed by atoms with Crippen molar-refractivity contribution in [3.63, 3.8) is 0 Å². The van der Waals surface area contributed by atoms with Crippen LogP contribution in [0.15, 0.2) is 42.5 Å². The number of aliphatic hydroxyl groups excluding tert-OH is 4. The zero-order valence-corrected chi connectivity index (χ0v) is 17.8. The molecule has 2 aromatic rings. The van der Waals surface area contributed by atoms with Crippen LogP contribution in [0.1, 0.15) is 35.6 Å². The fourth-order valence-electron chi connectivity index (χ4n) is 4.22. The fraction of sp³-hybridized carbons (Fsp3) is 0.500. The van der Waals surface area contributed by atoms with Crippen LogP contribution in [0.5, 0.6) is 5.75 Å². The molecule has 2 saturated heterocycles. The van der Waals surface area contributed by atoms with E-state index < -0.39 is 37.1 Å². The molecule has 0 bridgehead atoms. The molecule has 8 heteroatoms. The molecule has 8 nitrogen and oxygen atoms in total. The minimum Gasteiger partial charge on any atom is -0.490 e. The lowest BCUT2D eigenvalue weighted by Gasteiger charge is -2.40. The molecule has 2 aliphatic rings. The van der Waals surface area contributed by atoms with Gasteiger partial charge in [0.25, 0.3) is 0 Å². The summed E-state index contributed by atoms with van der Waals surface area (Å²) in [4.78, 5) is 0. The molecule has 4 rings (SSSR count). The van der Waals surface area contributed by atoms with E-state index in [0.29, 0.717) is 17.7 Å². The molecule has 2 fully saturated rings. The molecule has 174 valence electrons. The Morgan fingerprint density at radius 1 is 0.938 bits per heavy atom. The van der Waals surface area contributed by atoms with Crippen LogP contribution in [0.25, 0.3) is 0 Å². The van der Waals surface area contributed by atoms with Crippen molar-refractivity contribution in [3.05, 3.63) is 59.2 Å². The number of hydrogen-bond acceptors (Lipinski definition) is 8. The highest BCUT2D eigenvalue weighted by Gasteiger charge is 2.44. The van der Waals surface area contributed by atoms with Crippen molar-refractivity contribution in [1.82, 2.24) is 0 Å². The zero-order valence-electron chi connectivity index (χ0n) is 17.8. The van der Waals surface area contributed by atoms with Gasteiger partial charge in [-0.05, 0) is 41.3 Å². The largest absolute Gasteiger partial charge is 0.490 e. The topological polar surface area (TPSA) is 135 Å². The first-order chi connectivity index (χ1) is 15.5. The number of nitrogens with two attached hydrogens (primary N) is 1. The summed E-state index contributed by atoms with van der Waals surface area (Å²) in [5, 5.41) is 40.0. The number of nitrogen functional groups attached to an aromatic ring is 1. The highest BCUT2D eigenvalue weighted by atomic mass is 16.5. The van der Waals surface area contributed by atoms with Gasteiger partial charge in [0.1, 0.15) is 42.4 Å². The molecule has 0 unspecified atom stereocenters. The Morgan fingerprint density at radius 3 is 2.34 bits per heavy atom. The van der Waals surface area contributed by atoms with Crippen molar-refractivity contribution >= 4 is 5.69 Å². The summed E-state index contributed by atoms with van der Waals surface area (Å²) in [6.07, 6.45) is -3.45. The highest BCUT2D eigenvalue weighted by molar-refractivity contribution is 5.51. The molecule has 0 amide bonds. The van der Waals surface area contributed by atoms with Gasteiger partial charge in [-0.1, -0.05) is 24.3 Å². The lowest BCUT2D eigenvalue weighted by Crippen LogP contribution is -2.55. The third kappa shape index (κ3) is 5.06. The standard InChI is InChI=1S/C24H31NO7/c25-19-6-3-15(24-23(29)22(28)21(27)20(13-26)32-24)12-16(19)11-14-1-4-17(5-2-14)31-18-7-9-30-10-8-18/h1-6,12,18,20-24,26-29H,7-11,13,25H2/t20-,21-,22+,23-,24+/m1/s1. The van der Waals surface area contributed by atoms with E-state index in [4.69, 9.17) is 19.9 Å². The van der Waals surface area contributed by atoms with Crippen molar-refractivity contribution in [2.45, 2.75) is 55.9 Å². The Labute approximate surface area is 187 Å². The minimum atomic E-state index is -1.42. The van der Waals surface area contributed by atoms with Crippen LogP contribution in [0.4, 0.5) is 5.69 Å². The molecular formula is C24H31NO7. The van der Waals surface area contributed by atoms with Gasteiger partial charge in [-0.3, -0.25) is 0 Å². The molecule has 2 heterocycles. The van der Waals surface area contributed by atoms with Crippen LogP contribution in [-0.2, 0) is 15.9 Å². The summed E-state index contributed by atoms with van der Waals surface area (Å²) in [6.45, 7) is 0.991. The average Bonchev–Trinajstić information content (AvgIpc) is 2.81. The molecule has 5 atom stereocenters. The number of hydrogen-bond donors (Lipinski definition) is 5. The Balaban J connectivity index is 1.47. The van der Waals surface area contributed by atoms with Gasteiger partial charge in [-0.15, -0.1) is 0 Å². The van der Waals surface area contributed by atoms with Crippen LogP contribution in [0.2, 0.25) is 0 Å². The number of benzene rings is 2. The van der Waals surface area contributed by atoms with E-state index in [1.54, 1.807) is 12.1 Å². The molecule has 0 aliphatic carbocycles. The molecule has 2 aromatic carbocycles. The van der Waals surface area contributed by atoms with Crippen molar-refractivity contribution in [2.24, 2.45) is 0 Å². The summed E-state index contributed by atoms with van der Waals surface area (Å²) >= 11 is 0. The number of anilines is 1. The maximum atomic E-state index is 10.4. The lowest BCUT2D eigenvalue weighted by molar-refractivity contribution is -0.231. The second-order valence-corrected chi connectivity index (χ2v) is 8.46. The molecule has 0 radical (unpaired) electrons. The number of rotatable bonds is 6. The second kappa shape index (κ2) is 10.2. The van der Waals surface area contributed by atoms with E-state index >= 15 is 0 Å². The highest BCUT2D eigenvalue weighted by Crippen LogP contribution is 2.34. The molecule has 0 spiro atoms. The van der Waals surface area contributed by atoms with Gasteiger partial charge in [0.2, 0.25) is 0 Å². The second-order valence-electron chi connectivity index (χ2n) is 8.46. The predicted octanol–water partition coefficient (Wildman–Crippen LogP) is 0.932. The SMILES string of the molecule is Nc1ccc([C@@H]2O[C@H](CO)[C@@H](O)[C@H](O)[C@H]2O)cc1Cc1ccc(OC2CCOCC2)cc1. The molecule has 32 heavy (non-hydrogen) atoms. The van der Waals surface area contributed by atoms with Crippen LogP contribution in [0, 0.1) is 0 Å². The summed E-state index contributed by atoms with van der Waals surface area (Å²) in [5.41, 5.74) is 9.29. The molecule has 0 aromatic heterocycles. The van der Waals surface area contributed by atoms with Gasteiger partial charge in [0.15, 0.2) is 0 Å². The molecule has 6 N–H and O–H groups in total. The van der Waals surface area contributed by atoms with Gasteiger partial charge in [-0.25, -0.2) is 0 Å². The maximum absolute atomic E-state index is 10.4. The van der Waals surface area contributed by atoms with Crippen LogP contribution in [-0.4, -0.2) is 70.8 Å². The van der Waals surface area contributed by atoms with Crippen molar-refractivity contribution < 1.29 is 34.6 Å². The van der Waals surface area contributed by atoms with Gasteiger partial charge in [0, 0.05) is 18.5 Å². The average molecular weight is 446 g/mol. The summed E-state index contributed by atoms with van der Waals surface area (Å²) in [7, 11) is 0. The Kier molecular flexibility index (Phi) is 7.30. The van der Waals surface area contributed by atoms with E-state index in [9.17, 15) is 20.4 Å². The van der Waals surface area contributed by atoms with E-state index in [1.165, 1.54) is 0 Å². The number of aliphatic hydroxyl groups is 4. The summed E-state index contributed by atoms with van der Waals surface area (Å²) < 4.78 is 17.1. The number of ether oxygens (including phenoxy) is 3. The van der Waals surface area contributed by atoms with Gasteiger partial charge in [-0.2, -0.15) is 0 Å². The van der Waals surface area contributed by atoms with Crippen LogP contribution in [0.3, 0.4) is 0 Å². The van der Waals surface area contributed by atoms with E-state index in [1.807, 2.05) is 30.3 Å². The van der Waals surface area contributed by atoms with Gasteiger partial charge >= 0.3 is 0 Å². The first kappa shape index (κ1) is 23.0. The monoisotopic (exact) mass is 445 g/mol. The Bertz CT molecular complexity index is 882. The minimum absolute atomic E-state index is 0.181. The molecule has 2 aliphatic heterocycles. The smallest absolute Gasteiger partial charge is 0.119 e. The van der Waals surface area contributed by atoms with Crippen LogP contribution >= 0.6 is 0 Å². The van der Waals surface area contributed by atoms with Crippen molar-refractivity contribution in [2.75, 3.05) is 25.6 Å². The van der Waals surface area contributed by atoms with E-state index in [2.05, 4.69) is 0 Å². The maximum Gasteiger partial charge on any atom is 0.119 e. The lowest BCUT2D eigenvalue weighted by atomic mass is 9.89. The third-order valence-corrected chi connectivity index (χ3v) is 6.18. The van der Waals surface area contributed by atoms with Crippen LogP contribution < -0.4 is 10.5 Å².